The molecule has 0 radical (unpaired) electrons. The van der Waals surface area contributed by atoms with Gasteiger partial charge in [0.15, 0.2) is 0 Å². The lowest BCUT2D eigenvalue weighted by molar-refractivity contribution is 0.0927. The van der Waals surface area contributed by atoms with Crippen molar-refractivity contribution in [3.8, 4) is 5.69 Å². The van der Waals surface area contributed by atoms with E-state index in [2.05, 4.69) is 15.7 Å². The molecule has 0 aliphatic carbocycles. The smallest absolute Gasteiger partial charge is 0.251 e. The molecule has 7 heteroatoms. The first-order valence-electron chi connectivity index (χ1n) is 7.42. The van der Waals surface area contributed by atoms with Gasteiger partial charge in [-0.25, -0.2) is 4.68 Å². The summed E-state index contributed by atoms with van der Waals surface area (Å²) in [5.74, 6) is -0.0439. The summed E-state index contributed by atoms with van der Waals surface area (Å²) in [6, 6.07) is 7.30. The second kappa shape index (κ2) is 7.59. The number of amides is 1. The molecule has 0 bridgehead atoms. The van der Waals surface area contributed by atoms with Crippen molar-refractivity contribution in [2.24, 2.45) is 5.92 Å². The fourth-order valence-electron chi connectivity index (χ4n) is 2.57. The van der Waals surface area contributed by atoms with E-state index in [9.17, 15) is 9.90 Å². The highest BCUT2D eigenvalue weighted by Gasteiger charge is 2.25. The summed E-state index contributed by atoms with van der Waals surface area (Å²) in [5.41, 5.74) is 2.61. The summed E-state index contributed by atoms with van der Waals surface area (Å²) >= 11 is 0. The van der Waals surface area contributed by atoms with Crippen LogP contribution in [0.15, 0.2) is 36.7 Å². The molecule has 1 aliphatic rings. The quantitative estimate of drug-likeness (QED) is 0.775. The van der Waals surface area contributed by atoms with Crippen molar-refractivity contribution in [3.63, 3.8) is 0 Å². The number of hydrogen-bond acceptors (Lipinski definition) is 4. The van der Waals surface area contributed by atoms with Crippen LogP contribution >= 0.6 is 12.4 Å². The maximum atomic E-state index is 12.1. The highest BCUT2D eigenvalue weighted by molar-refractivity contribution is 5.94. The van der Waals surface area contributed by atoms with Gasteiger partial charge in [-0.15, -0.1) is 12.4 Å². The maximum Gasteiger partial charge on any atom is 0.251 e. The number of halogens is 1. The van der Waals surface area contributed by atoms with Gasteiger partial charge in [0, 0.05) is 37.3 Å². The van der Waals surface area contributed by atoms with Crippen LogP contribution in [-0.2, 0) is 0 Å². The molecule has 1 amide bonds. The largest absolute Gasteiger partial charge is 0.391 e. The fraction of sp³-hybridized carbons (Fsp3) is 0.375. The lowest BCUT2D eigenvalue weighted by Crippen LogP contribution is -2.34. The van der Waals surface area contributed by atoms with Crippen molar-refractivity contribution < 1.29 is 9.90 Å². The van der Waals surface area contributed by atoms with Gasteiger partial charge >= 0.3 is 0 Å². The van der Waals surface area contributed by atoms with E-state index in [0.29, 0.717) is 18.7 Å². The maximum absolute atomic E-state index is 12.1. The van der Waals surface area contributed by atoms with Crippen molar-refractivity contribution >= 4 is 18.3 Å². The summed E-state index contributed by atoms with van der Waals surface area (Å²) < 4.78 is 1.78. The topological polar surface area (TPSA) is 79.2 Å². The minimum absolute atomic E-state index is 0. The van der Waals surface area contributed by atoms with Crippen molar-refractivity contribution in [3.05, 3.63) is 47.8 Å². The summed E-state index contributed by atoms with van der Waals surface area (Å²) in [4.78, 5) is 12.1. The Labute approximate surface area is 141 Å². The molecule has 2 heterocycles. The Morgan fingerprint density at radius 3 is 2.70 bits per heavy atom. The Morgan fingerprint density at radius 1 is 1.39 bits per heavy atom. The summed E-state index contributed by atoms with van der Waals surface area (Å²) in [6.07, 6.45) is 3.34. The van der Waals surface area contributed by atoms with Gasteiger partial charge in [0.1, 0.15) is 0 Å². The average molecular weight is 337 g/mol. The Morgan fingerprint density at radius 2 is 2.13 bits per heavy atom. The minimum Gasteiger partial charge on any atom is -0.391 e. The number of β-amino-alcohol motifs (C(OH)–C–C–N with tert-alkyl or cyclic N) is 1. The van der Waals surface area contributed by atoms with Crippen LogP contribution in [-0.4, -0.2) is 46.5 Å². The summed E-state index contributed by atoms with van der Waals surface area (Å²) in [7, 11) is 0. The number of hydrogen-bond donors (Lipinski definition) is 3. The number of nitrogens with one attached hydrogen (secondary N) is 2. The third kappa shape index (κ3) is 4.10. The van der Waals surface area contributed by atoms with E-state index in [-0.39, 0.29) is 30.3 Å². The second-order valence-corrected chi connectivity index (χ2v) is 5.70. The first-order chi connectivity index (χ1) is 10.6. The van der Waals surface area contributed by atoms with Crippen molar-refractivity contribution in [2.75, 3.05) is 19.6 Å². The number of rotatable bonds is 4. The van der Waals surface area contributed by atoms with E-state index in [0.717, 1.165) is 17.8 Å². The van der Waals surface area contributed by atoms with Crippen LogP contribution in [0.25, 0.3) is 5.69 Å². The summed E-state index contributed by atoms with van der Waals surface area (Å²) in [5, 5.41) is 19.9. The van der Waals surface area contributed by atoms with Gasteiger partial charge in [0.2, 0.25) is 0 Å². The molecule has 1 saturated heterocycles. The van der Waals surface area contributed by atoms with Crippen LogP contribution in [0, 0.1) is 12.8 Å². The first kappa shape index (κ1) is 17.5. The van der Waals surface area contributed by atoms with Crippen LogP contribution in [0.5, 0.6) is 0 Å². The number of aromatic nitrogens is 2. The zero-order chi connectivity index (χ0) is 15.5. The molecule has 124 valence electrons. The normalized spacial score (nSPS) is 20.1. The fourth-order valence-corrected chi connectivity index (χ4v) is 2.57. The van der Waals surface area contributed by atoms with Crippen LogP contribution in [0.3, 0.4) is 0 Å². The Balaban J connectivity index is 0.00000192. The molecule has 2 atom stereocenters. The predicted molar refractivity (Wildman–Crippen MR) is 90.2 cm³/mol. The zero-order valence-electron chi connectivity index (χ0n) is 12.9. The van der Waals surface area contributed by atoms with E-state index >= 15 is 0 Å². The molecule has 0 spiro atoms. The monoisotopic (exact) mass is 336 g/mol. The van der Waals surface area contributed by atoms with Crippen molar-refractivity contribution in [1.29, 1.82) is 0 Å². The SMILES string of the molecule is Cc1cnn(-c2ccc(C(=O)NCC3CNCC3O)cc2)c1.Cl. The van der Waals surface area contributed by atoms with Gasteiger partial charge < -0.3 is 15.7 Å². The molecule has 1 aliphatic heterocycles. The number of benzene rings is 1. The summed E-state index contributed by atoms with van der Waals surface area (Å²) in [6.45, 7) is 3.79. The van der Waals surface area contributed by atoms with Crippen molar-refractivity contribution in [2.45, 2.75) is 13.0 Å². The predicted octanol–water partition coefficient (Wildman–Crippen LogP) is 0.913. The average Bonchev–Trinajstić information content (AvgIpc) is 3.13. The van der Waals surface area contributed by atoms with Gasteiger partial charge in [-0.3, -0.25) is 4.79 Å². The molecule has 1 fully saturated rings. The molecule has 2 unspecified atom stereocenters. The Bertz CT molecular complexity index is 656. The molecule has 2 aromatic rings. The van der Waals surface area contributed by atoms with Gasteiger partial charge in [0.25, 0.3) is 5.91 Å². The lowest BCUT2D eigenvalue weighted by atomic mass is 10.1. The molecule has 1 aromatic heterocycles. The van der Waals surface area contributed by atoms with E-state index in [1.807, 2.05) is 25.3 Å². The zero-order valence-corrected chi connectivity index (χ0v) is 13.7. The Hall–Kier alpha value is -1.89. The molecule has 0 saturated carbocycles. The number of carbonyl (C=O) groups is 1. The van der Waals surface area contributed by atoms with Crippen LogP contribution in [0.4, 0.5) is 0 Å². The molecule has 1 aromatic carbocycles. The standard InChI is InChI=1S/C16H20N4O2.ClH/c1-11-6-19-20(10-11)14-4-2-12(3-5-14)16(22)18-8-13-7-17-9-15(13)21;/h2-6,10,13,15,17,21H,7-9H2,1H3,(H,18,22);1H. The van der Waals surface area contributed by atoms with E-state index in [1.165, 1.54) is 0 Å². The molecule has 3 rings (SSSR count). The van der Waals surface area contributed by atoms with Crippen LogP contribution < -0.4 is 10.6 Å². The Kier molecular flexibility index (Phi) is 5.76. The number of carbonyl (C=O) groups excluding carboxylic acids is 1. The number of aliphatic hydroxyl groups excluding tert-OH is 1. The minimum atomic E-state index is -0.384. The van der Waals surface area contributed by atoms with Crippen LogP contribution in [0.1, 0.15) is 15.9 Å². The van der Waals surface area contributed by atoms with Gasteiger partial charge in [0.05, 0.1) is 18.0 Å². The van der Waals surface area contributed by atoms with Gasteiger partial charge in [-0.1, -0.05) is 0 Å². The third-order valence-electron chi connectivity index (χ3n) is 3.93. The highest BCUT2D eigenvalue weighted by Crippen LogP contribution is 2.11. The molecule has 3 N–H and O–H groups in total. The van der Waals surface area contributed by atoms with Crippen molar-refractivity contribution in [1.82, 2.24) is 20.4 Å². The molecule has 23 heavy (non-hydrogen) atoms. The van der Waals surface area contributed by atoms with Crippen LogP contribution in [0.2, 0.25) is 0 Å². The second-order valence-electron chi connectivity index (χ2n) is 5.70. The van der Waals surface area contributed by atoms with Gasteiger partial charge in [-0.05, 0) is 36.8 Å². The lowest BCUT2D eigenvalue weighted by Gasteiger charge is -2.14. The number of nitrogens with zero attached hydrogens (tertiary/aromatic N) is 2. The number of aliphatic hydroxyl groups is 1. The van der Waals surface area contributed by atoms with E-state index in [1.54, 1.807) is 23.0 Å². The van der Waals surface area contributed by atoms with E-state index in [4.69, 9.17) is 0 Å². The first-order valence-corrected chi connectivity index (χ1v) is 7.42. The third-order valence-corrected chi connectivity index (χ3v) is 3.93. The van der Waals surface area contributed by atoms with E-state index < -0.39 is 0 Å². The molecular formula is C16H21ClN4O2. The molecular weight excluding hydrogens is 316 g/mol. The number of aryl methyl sites for hydroxylation is 1. The highest BCUT2D eigenvalue weighted by atomic mass is 35.5. The van der Waals surface area contributed by atoms with Gasteiger partial charge in [-0.2, -0.15) is 5.10 Å². The molecule has 6 nitrogen and oxygen atoms in total.